The minimum atomic E-state index is -0.322. The summed E-state index contributed by atoms with van der Waals surface area (Å²) in [6.45, 7) is 0. The Balaban J connectivity index is 2.33. The fourth-order valence-corrected chi connectivity index (χ4v) is 1.46. The van der Waals surface area contributed by atoms with Gasteiger partial charge in [0.1, 0.15) is 0 Å². The lowest BCUT2D eigenvalue weighted by Crippen LogP contribution is -2.13. The van der Waals surface area contributed by atoms with Crippen molar-refractivity contribution in [2.75, 3.05) is 5.43 Å². The molecule has 3 N–H and O–H groups in total. The van der Waals surface area contributed by atoms with Crippen LogP contribution < -0.4 is 11.2 Å². The Morgan fingerprint density at radius 1 is 1.47 bits per heavy atom. The van der Waals surface area contributed by atoms with Gasteiger partial charge in [-0.25, -0.2) is 0 Å². The van der Waals surface area contributed by atoms with Gasteiger partial charge < -0.3 is 5.73 Å². The highest BCUT2D eigenvalue weighted by Gasteiger charge is 2.04. The van der Waals surface area contributed by atoms with E-state index in [0.29, 0.717) is 0 Å². The van der Waals surface area contributed by atoms with Crippen molar-refractivity contribution in [2.24, 2.45) is 10.8 Å². The van der Waals surface area contributed by atoms with Crippen LogP contribution in [0.4, 0.5) is 5.69 Å². The number of hydrazone groups is 1. The van der Waals surface area contributed by atoms with Gasteiger partial charge in [-0.15, -0.1) is 0 Å². The van der Waals surface area contributed by atoms with Crippen molar-refractivity contribution in [3.05, 3.63) is 35.4 Å². The molecule has 1 amide bonds. The molecule has 0 unspecified atom stereocenters. The van der Waals surface area contributed by atoms with Gasteiger partial charge in [0.05, 0.1) is 12.1 Å². The first-order chi connectivity index (χ1) is 7.25. The van der Waals surface area contributed by atoms with E-state index < -0.39 is 0 Å². The van der Waals surface area contributed by atoms with Crippen LogP contribution in [0.1, 0.15) is 11.1 Å². The molecule has 1 aromatic rings. The second-order valence-corrected chi connectivity index (χ2v) is 3.31. The van der Waals surface area contributed by atoms with Crippen LogP contribution in [0.25, 0.3) is 6.08 Å². The van der Waals surface area contributed by atoms with Gasteiger partial charge in [-0.05, 0) is 29.3 Å². The number of allylic oxidation sites excluding steroid dienone is 1. The Bertz CT molecular complexity index is 449. The maximum absolute atomic E-state index is 10.8. The van der Waals surface area contributed by atoms with E-state index in [1.807, 2.05) is 30.4 Å². The summed E-state index contributed by atoms with van der Waals surface area (Å²) >= 11 is 0. The summed E-state index contributed by atoms with van der Waals surface area (Å²) < 4.78 is 0. The molecule has 0 saturated carbocycles. The van der Waals surface area contributed by atoms with Gasteiger partial charge in [-0.2, -0.15) is 5.10 Å². The van der Waals surface area contributed by atoms with Crippen LogP contribution >= 0.6 is 0 Å². The van der Waals surface area contributed by atoms with Crippen LogP contribution in [0.3, 0.4) is 0 Å². The van der Waals surface area contributed by atoms with E-state index in [-0.39, 0.29) is 12.3 Å². The van der Waals surface area contributed by atoms with E-state index in [9.17, 15) is 4.79 Å². The van der Waals surface area contributed by atoms with E-state index >= 15 is 0 Å². The third-order valence-electron chi connectivity index (χ3n) is 2.12. The molecule has 2 rings (SSSR count). The van der Waals surface area contributed by atoms with Crippen molar-refractivity contribution in [2.45, 2.75) is 6.42 Å². The fourth-order valence-electron chi connectivity index (χ4n) is 1.46. The summed E-state index contributed by atoms with van der Waals surface area (Å²) in [5.74, 6) is -0.322. The smallest absolute Gasteiger partial charge is 0.221 e. The van der Waals surface area contributed by atoms with Gasteiger partial charge >= 0.3 is 0 Å². The minimum absolute atomic E-state index is 0.266. The van der Waals surface area contributed by atoms with Gasteiger partial charge in [-0.3, -0.25) is 10.2 Å². The van der Waals surface area contributed by atoms with Gasteiger partial charge in [0.25, 0.3) is 0 Å². The molecule has 1 aromatic carbocycles. The van der Waals surface area contributed by atoms with E-state index in [0.717, 1.165) is 16.8 Å². The van der Waals surface area contributed by atoms with Gasteiger partial charge in [-0.1, -0.05) is 12.1 Å². The molecule has 0 fully saturated rings. The lowest BCUT2D eigenvalue weighted by molar-refractivity contribution is -0.117. The normalized spacial score (nSPS) is 12.8. The third kappa shape index (κ3) is 2.22. The van der Waals surface area contributed by atoms with Crippen molar-refractivity contribution in [1.29, 1.82) is 0 Å². The quantitative estimate of drug-likeness (QED) is 0.753. The molecule has 1 heterocycles. The number of nitrogens with two attached hydrogens (primary N) is 1. The molecular weight excluding hydrogens is 190 g/mol. The van der Waals surface area contributed by atoms with E-state index in [1.165, 1.54) is 0 Å². The van der Waals surface area contributed by atoms with E-state index in [1.54, 1.807) is 6.21 Å². The Morgan fingerprint density at radius 2 is 2.33 bits per heavy atom. The molecule has 4 heteroatoms. The minimum Gasteiger partial charge on any atom is -0.369 e. The van der Waals surface area contributed by atoms with Crippen LogP contribution in [0.15, 0.2) is 29.4 Å². The molecule has 0 aromatic heterocycles. The molecule has 0 saturated heterocycles. The van der Waals surface area contributed by atoms with Crippen molar-refractivity contribution in [3.8, 4) is 0 Å². The number of fused-ring (bicyclic) bond motifs is 1. The fraction of sp³-hybridized carbons (Fsp3) is 0.0909. The van der Waals surface area contributed by atoms with Crippen LogP contribution in [-0.2, 0) is 11.2 Å². The van der Waals surface area contributed by atoms with Crippen LogP contribution in [0, 0.1) is 0 Å². The molecule has 0 spiro atoms. The zero-order chi connectivity index (χ0) is 10.7. The topological polar surface area (TPSA) is 67.5 Å². The zero-order valence-electron chi connectivity index (χ0n) is 8.10. The lowest BCUT2D eigenvalue weighted by atomic mass is 10.1. The van der Waals surface area contributed by atoms with E-state index in [4.69, 9.17) is 5.73 Å². The second kappa shape index (κ2) is 3.96. The zero-order valence-corrected chi connectivity index (χ0v) is 8.10. The van der Waals surface area contributed by atoms with Gasteiger partial charge in [0.2, 0.25) is 5.91 Å². The monoisotopic (exact) mass is 201 g/mol. The largest absolute Gasteiger partial charge is 0.369 e. The Hall–Kier alpha value is -2.10. The Morgan fingerprint density at radius 3 is 3.13 bits per heavy atom. The van der Waals surface area contributed by atoms with Crippen molar-refractivity contribution >= 4 is 23.9 Å². The van der Waals surface area contributed by atoms with Crippen molar-refractivity contribution < 1.29 is 4.79 Å². The standard InChI is InChI=1S/C11H11N3O/c12-11(15)7-8-3-4-10-9(6-8)2-1-5-13-14-10/h1-6,14H,7H2,(H2,12,15). The average Bonchev–Trinajstić information content (AvgIpc) is 2.41. The summed E-state index contributed by atoms with van der Waals surface area (Å²) in [7, 11) is 0. The SMILES string of the molecule is NC(=O)Cc1ccc2c(c1)C=CC=NN2. The number of carbonyl (C=O) groups excluding carboxylic acids is 1. The number of nitrogens with one attached hydrogen (secondary N) is 1. The van der Waals surface area contributed by atoms with Gasteiger partial charge in [0, 0.05) is 6.21 Å². The van der Waals surface area contributed by atoms with Crippen LogP contribution in [0.5, 0.6) is 0 Å². The predicted molar refractivity (Wildman–Crippen MR) is 60.5 cm³/mol. The number of amides is 1. The highest BCUT2D eigenvalue weighted by Crippen LogP contribution is 2.20. The number of benzene rings is 1. The molecule has 1 aliphatic rings. The lowest BCUT2D eigenvalue weighted by Gasteiger charge is -2.05. The number of primary amides is 1. The summed E-state index contributed by atoms with van der Waals surface area (Å²) in [5.41, 5.74) is 10.9. The van der Waals surface area contributed by atoms with E-state index in [2.05, 4.69) is 10.5 Å². The summed E-state index contributed by atoms with van der Waals surface area (Å²) in [6.07, 6.45) is 5.71. The van der Waals surface area contributed by atoms with Crippen molar-refractivity contribution in [3.63, 3.8) is 0 Å². The number of nitrogens with zero attached hydrogens (tertiary/aromatic N) is 1. The molecule has 0 aliphatic carbocycles. The molecule has 0 bridgehead atoms. The Labute approximate surface area is 87.5 Å². The number of carbonyl (C=O) groups is 1. The molecule has 15 heavy (non-hydrogen) atoms. The molecule has 0 atom stereocenters. The van der Waals surface area contributed by atoms with Crippen LogP contribution in [0.2, 0.25) is 0 Å². The molecule has 1 aliphatic heterocycles. The number of anilines is 1. The predicted octanol–water partition coefficient (Wildman–Crippen LogP) is 1.14. The van der Waals surface area contributed by atoms with Crippen LogP contribution in [-0.4, -0.2) is 12.1 Å². The Kier molecular flexibility index (Phi) is 2.49. The number of hydrogen-bond donors (Lipinski definition) is 2. The summed E-state index contributed by atoms with van der Waals surface area (Å²) in [6, 6.07) is 5.68. The first-order valence-electron chi connectivity index (χ1n) is 4.63. The summed E-state index contributed by atoms with van der Waals surface area (Å²) in [4.78, 5) is 10.8. The molecule has 76 valence electrons. The summed E-state index contributed by atoms with van der Waals surface area (Å²) in [5, 5.41) is 3.95. The van der Waals surface area contributed by atoms with Gasteiger partial charge in [0.15, 0.2) is 0 Å². The number of rotatable bonds is 2. The maximum atomic E-state index is 10.8. The molecular formula is C11H11N3O. The highest BCUT2D eigenvalue weighted by atomic mass is 16.1. The molecule has 0 radical (unpaired) electrons. The third-order valence-corrected chi connectivity index (χ3v) is 2.12. The highest BCUT2D eigenvalue weighted by molar-refractivity contribution is 5.84. The first kappa shape index (κ1) is 9.45. The average molecular weight is 201 g/mol. The second-order valence-electron chi connectivity index (χ2n) is 3.31. The first-order valence-corrected chi connectivity index (χ1v) is 4.63. The molecule has 4 nitrogen and oxygen atoms in total. The maximum Gasteiger partial charge on any atom is 0.221 e. The van der Waals surface area contributed by atoms with Crippen molar-refractivity contribution in [1.82, 2.24) is 0 Å². The number of hydrogen-bond acceptors (Lipinski definition) is 3.